The van der Waals surface area contributed by atoms with E-state index < -0.39 is 5.97 Å². The molecular weight excluding hydrogens is 258 g/mol. The first-order chi connectivity index (χ1) is 9.66. The van der Waals surface area contributed by atoms with Crippen molar-refractivity contribution in [3.63, 3.8) is 0 Å². The fourth-order valence-corrected chi connectivity index (χ4v) is 2.28. The van der Waals surface area contributed by atoms with Gasteiger partial charge in [-0.05, 0) is 12.1 Å². The van der Waals surface area contributed by atoms with E-state index in [2.05, 4.69) is 11.8 Å². The highest BCUT2D eigenvalue weighted by Crippen LogP contribution is 2.18. The van der Waals surface area contributed by atoms with E-state index in [1.54, 1.807) is 24.3 Å². The summed E-state index contributed by atoms with van der Waals surface area (Å²) in [6, 6.07) is 6.75. The zero-order valence-corrected chi connectivity index (χ0v) is 11.7. The topological polar surface area (TPSA) is 59.0 Å². The second-order valence-corrected chi connectivity index (χ2v) is 5.13. The second-order valence-electron chi connectivity index (χ2n) is 5.13. The highest BCUT2D eigenvalue weighted by atomic mass is 16.5. The van der Waals surface area contributed by atoms with Gasteiger partial charge in [0.1, 0.15) is 11.3 Å². The van der Waals surface area contributed by atoms with Crippen molar-refractivity contribution in [2.75, 3.05) is 39.5 Å². The van der Waals surface area contributed by atoms with E-state index >= 15 is 0 Å². The minimum Gasteiger partial charge on any atom is -0.492 e. The molecule has 1 fully saturated rings. The third kappa shape index (κ3) is 4.21. The van der Waals surface area contributed by atoms with Gasteiger partial charge in [-0.15, -0.1) is 0 Å². The molecule has 1 aromatic carbocycles. The Bertz CT molecular complexity index is 443. The Hall–Kier alpha value is -1.59. The number of aromatic carboxylic acids is 1. The zero-order chi connectivity index (χ0) is 14.4. The van der Waals surface area contributed by atoms with Crippen molar-refractivity contribution in [1.82, 2.24) is 4.90 Å². The van der Waals surface area contributed by atoms with Crippen molar-refractivity contribution >= 4 is 5.97 Å². The number of hydrogen-bond donors (Lipinski definition) is 1. The van der Waals surface area contributed by atoms with Crippen LogP contribution < -0.4 is 4.74 Å². The molecule has 0 amide bonds. The number of carboxylic acid groups (broad SMARTS) is 1. The number of ether oxygens (including phenoxy) is 2. The van der Waals surface area contributed by atoms with Crippen LogP contribution in [0.25, 0.3) is 0 Å². The largest absolute Gasteiger partial charge is 0.492 e. The molecule has 1 heterocycles. The van der Waals surface area contributed by atoms with Crippen molar-refractivity contribution < 1.29 is 19.4 Å². The first-order valence-electron chi connectivity index (χ1n) is 6.92. The number of hydrogen-bond acceptors (Lipinski definition) is 4. The van der Waals surface area contributed by atoms with Crippen LogP contribution in [0.1, 0.15) is 17.3 Å². The lowest BCUT2D eigenvalue weighted by atomic mass is 10.1. The summed E-state index contributed by atoms with van der Waals surface area (Å²) in [6.45, 7) is 7.05. The molecule has 2 rings (SSSR count). The summed E-state index contributed by atoms with van der Waals surface area (Å²) in [5, 5.41) is 9.09. The SMILES string of the molecule is CC(COc1ccccc1C(=O)O)CN1CCOCC1. The third-order valence-corrected chi connectivity index (χ3v) is 3.31. The minimum atomic E-state index is -0.957. The Morgan fingerprint density at radius 2 is 2.10 bits per heavy atom. The normalized spacial score (nSPS) is 17.6. The van der Waals surface area contributed by atoms with E-state index in [-0.39, 0.29) is 5.56 Å². The Morgan fingerprint density at radius 3 is 2.80 bits per heavy atom. The average Bonchev–Trinajstić information content (AvgIpc) is 2.46. The maximum atomic E-state index is 11.1. The van der Waals surface area contributed by atoms with Crippen LogP contribution in [0.15, 0.2) is 24.3 Å². The van der Waals surface area contributed by atoms with E-state index in [0.717, 1.165) is 32.8 Å². The van der Waals surface area contributed by atoms with Gasteiger partial charge in [0.05, 0.1) is 19.8 Å². The Kier molecular flexibility index (Phi) is 5.38. The van der Waals surface area contributed by atoms with Crippen LogP contribution in [-0.4, -0.2) is 55.4 Å². The molecular formula is C15H21NO4. The number of rotatable bonds is 6. The number of nitrogens with zero attached hydrogens (tertiary/aromatic N) is 1. The van der Waals surface area contributed by atoms with Gasteiger partial charge in [0, 0.05) is 25.6 Å². The van der Waals surface area contributed by atoms with Gasteiger partial charge in [-0.1, -0.05) is 19.1 Å². The van der Waals surface area contributed by atoms with Crippen LogP contribution in [0.4, 0.5) is 0 Å². The fourth-order valence-electron chi connectivity index (χ4n) is 2.28. The van der Waals surface area contributed by atoms with Crippen molar-refractivity contribution in [3.8, 4) is 5.75 Å². The second kappa shape index (κ2) is 7.26. The van der Waals surface area contributed by atoms with Crippen molar-refractivity contribution in [2.45, 2.75) is 6.92 Å². The third-order valence-electron chi connectivity index (χ3n) is 3.31. The van der Waals surface area contributed by atoms with Gasteiger partial charge in [-0.2, -0.15) is 0 Å². The molecule has 1 N–H and O–H groups in total. The predicted molar refractivity (Wildman–Crippen MR) is 75.3 cm³/mol. The predicted octanol–water partition coefficient (Wildman–Crippen LogP) is 1.73. The van der Waals surface area contributed by atoms with Gasteiger partial charge in [-0.25, -0.2) is 4.79 Å². The smallest absolute Gasteiger partial charge is 0.339 e. The fraction of sp³-hybridized carbons (Fsp3) is 0.533. The minimum absolute atomic E-state index is 0.214. The quantitative estimate of drug-likeness (QED) is 0.859. The Balaban J connectivity index is 1.83. The van der Waals surface area contributed by atoms with E-state index in [0.29, 0.717) is 18.3 Å². The molecule has 1 atom stereocenters. The zero-order valence-electron chi connectivity index (χ0n) is 11.7. The molecule has 1 unspecified atom stereocenters. The van der Waals surface area contributed by atoms with Gasteiger partial charge in [-0.3, -0.25) is 4.90 Å². The summed E-state index contributed by atoms with van der Waals surface area (Å²) in [4.78, 5) is 13.4. The van der Waals surface area contributed by atoms with Gasteiger partial charge in [0.15, 0.2) is 0 Å². The molecule has 1 aliphatic rings. The summed E-state index contributed by atoms with van der Waals surface area (Å²) in [6.07, 6.45) is 0. The van der Waals surface area contributed by atoms with Crippen LogP contribution in [0.2, 0.25) is 0 Å². The first kappa shape index (κ1) is 14.8. The molecule has 5 nitrogen and oxygen atoms in total. The monoisotopic (exact) mass is 279 g/mol. The molecule has 20 heavy (non-hydrogen) atoms. The summed E-state index contributed by atoms with van der Waals surface area (Å²) < 4.78 is 11.0. The molecule has 0 spiro atoms. The highest BCUT2D eigenvalue weighted by molar-refractivity contribution is 5.90. The molecule has 0 radical (unpaired) electrons. The molecule has 5 heteroatoms. The van der Waals surface area contributed by atoms with E-state index in [9.17, 15) is 4.79 Å². The Labute approximate surface area is 119 Å². The molecule has 1 aromatic rings. The first-order valence-corrected chi connectivity index (χ1v) is 6.92. The van der Waals surface area contributed by atoms with Gasteiger partial charge < -0.3 is 14.6 Å². The molecule has 0 aliphatic carbocycles. The van der Waals surface area contributed by atoms with E-state index in [1.165, 1.54) is 0 Å². The lowest BCUT2D eigenvalue weighted by molar-refractivity contribution is 0.0283. The summed E-state index contributed by atoms with van der Waals surface area (Å²) >= 11 is 0. The van der Waals surface area contributed by atoms with E-state index in [1.807, 2.05) is 0 Å². The molecule has 0 aromatic heterocycles. The van der Waals surface area contributed by atoms with Gasteiger partial charge in [0.2, 0.25) is 0 Å². The van der Waals surface area contributed by atoms with E-state index in [4.69, 9.17) is 14.6 Å². The van der Waals surface area contributed by atoms with Gasteiger partial charge in [0.25, 0.3) is 0 Å². The van der Waals surface area contributed by atoms with Crippen LogP contribution in [-0.2, 0) is 4.74 Å². The Morgan fingerprint density at radius 1 is 1.40 bits per heavy atom. The maximum absolute atomic E-state index is 11.1. The lowest BCUT2D eigenvalue weighted by Gasteiger charge is -2.29. The standard InChI is InChI=1S/C15H21NO4/c1-12(10-16-6-8-19-9-7-16)11-20-14-5-3-2-4-13(14)15(17)18/h2-5,12H,6-11H2,1H3,(H,17,18). The molecule has 0 saturated carbocycles. The van der Waals surface area contributed by atoms with Gasteiger partial charge >= 0.3 is 5.97 Å². The number of carbonyl (C=O) groups is 1. The molecule has 1 aliphatic heterocycles. The average molecular weight is 279 g/mol. The van der Waals surface area contributed by atoms with Crippen LogP contribution in [0.3, 0.4) is 0 Å². The lowest BCUT2D eigenvalue weighted by Crippen LogP contribution is -2.39. The summed E-state index contributed by atoms with van der Waals surface area (Å²) in [7, 11) is 0. The van der Waals surface area contributed by atoms with Crippen molar-refractivity contribution in [2.24, 2.45) is 5.92 Å². The number of morpholine rings is 1. The molecule has 110 valence electrons. The number of carboxylic acids is 1. The van der Waals surface area contributed by atoms with Crippen LogP contribution >= 0.6 is 0 Å². The summed E-state index contributed by atoms with van der Waals surface area (Å²) in [5.41, 5.74) is 0.214. The van der Waals surface area contributed by atoms with Crippen LogP contribution in [0, 0.1) is 5.92 Å². The van der Waals surface area contributed by atoms with Crippen LogP contribution in [0.5, 0.6) is 5.75 Å². The number of para-hydroxylation sites is 1. The van der Waals surface area contributed by atoms with Crippen molar-refractivity contribution in [3.05, 3.63) is 29.8 Å². The molecule has 1 saturated heterocycles. The maximum Gasteiger partial charge on any atom is 0.339 e. The number of benzene rings is 1. The highest BCUT2D eigenvalue weighted by Gasteiger charge is 2.15. The molecule has 0 bridgehead atoms. The van der Waals surface area contributed by atoms with Crippen molar-refractivity contribution in [1.29, 1.82) is 0 Å². The summed E-state index contributed by atoms with van der Waals surface area (Å²) in [5.74, 6) is -0.176.